The van der Waals surface area contributed by atoms with E-state index in [2.05, 4.69) is 28.2 Å². The van der Waals surface area contributed by atoms with E-state index in [9.17, 15) is 4.79 Å². The van der Waals surface area contributed by atoms with Gasteiger partial charge in [-0.25, -0.2) is 0 Å². The molecule has 1 heterocycles. The molecule has 1 aromatic heterocycles. The Morgan fingerprint density at radius 3 is 2.75 bits per heavy atom. The molecule has 90 valence electrons. The van der Waals surface area contributed by atoms with Crippen LogP contribution in [0.5, 0.6) is 0 Å². The maximum absolute atomic E-state index is 11.8. The molecule has 1 rings (SSSR count). The number of nitrogens with one attached hydrogen (secondary N) is 1. The Bertz CT molecular complexity index is 336. The van der Waals surface area contributed by atoms with Crippen molar-refractivity contribution >= 4 is 21.8 Å². The van der Waals surface area contributed by atoms with Gasteiger partial charge in [0, 0.05) is 17.8 Å². The van der Waals surface area contributed by atoms with Crippen molar-refractivity contribution in [2.24, 2.45) is 0 Å². The molecule has 1 aromatic rings. The van der Waals surface area contributed by atoms with Crippen LogP contribution in [0.1, 0.15) is 43.0 Å². The number of halogens is 1. The van der Waals surface area contributed by atoms with E-state index >= 15 is 0 Å². The summed E-state index contributed by atoms with van der Waals surface area (Å²) in [5, 5.41) is 3.85. The molecule has 1 N–H and O–H groups in total. The molecule has 1 amide bonds. The lowest BCUT2D eigenvalue weighted by atomic mass is 10.2. The molecule has 0 aliphatic carbocycles. The minimum atomic E-state index is -0.118. The van der Waals surface area contributed by atoms with E-state index in [1.807, 2.05) is 13.0 Å². The third kappa shape index (κ3) is 3.67. The lowest BCUT2D eigenvalue weighted by molar-refractivity contribution is 0.0905. The Hall–Kier alpha value is -0.770. The van der Waals surface area contributed by atoms with E-state index in [0.29, 0.717) is 5.76 Å². The highest BCUT2D eigenvalue weighted by Gasteiger charge is 2.14. The molecule has 16 heavy (non-hydrogen) atoms. The number of amides is 1. The average molecular weight is 288 g/mol. The quantitative estimate of drug-likeness (QED) is 0.817. The monoisotopic (exact) mass is 287 g/mol. The van der Waals surface area contributed by atoms with Crippen molar-refractivity contribution in [1.29, 1.82) is 0 Å². The van der Waals surface area contributed by atoms with Gasteiger partial charge in [-0.05, 0) is 25.0 Å². The number of hydrogen-bond donors (Lipinski definition) is 1. The van der Waals surface area contributed by atoms with Gasteiger partial charge in [0.2, 0.25) is 0 Å². The van der Waals surface area contributed by atoms with Crippen molar-refractivity contribution in [2.75, 3.05) is 5.33 Å². The van der Waals surface area contributed by atoms with Crippen LogP contribution in [-0.4, -0.2) is 17.3 Å². The highest BCUT2D eigenvalue weighted by molar-refractivity contribution is 9.09. The van der Waals surface area contributed by atoms with Gasteiger partial charge in [-0.1, -0.05) is 29.8 Å². The van der Waals surface area contributed by atoms with Crippen molar-refractivity contribution in [2.45, 2.75) is 39.2 Å². The van der Waals surface area contributed by atoms with Crippen molar-refractivity contribution in [3.63, 3.8) is 0 Å². The molecule has 4 heteroatoms. The Labute approximate surface area is 105 Å². The first-order valence-electron chi connectivity index (χ1n) is 5.66. The van der Waals surface area contributed by atoms with Crippen molar-refractivity contribution in [1.82, 2.24) is 5.32 Å². The van der Waals surface area contributed by atoms with E-state index in [1.165, 1.54) is 0 Å². The summed E-state index contributed by atoms with van der Waals surface area (Å²) in [6, 6.07) is 3.79. The minimum absolute atomic E-state index is 0.118. The van der Waals surface area contributed by atoms with Crippen molar-refractivity contribution in [3.05, 3.63) is 23.7 Å². The summed E-state index contributed by atoms with van der Waals surface area (Å²) in [5.41, 5.74) is 0. The fourth-order valence-corrected chi connectivity index (χ4v) is 2.01. The largest absolute Gasteiger partial charge is 0.456 e. The van der Waals surface area contributed by atoms with E-state index in [4.69, 9.17) is 4.42 Å². The van der Waals surface area contributed by atoms with Crippen molar-refractivity contribution in [3.8, 4) is 0 Å². The lowest BCUT2D eigenvalue weighted by Gasteiger charge is -2.14. The molecule has 3 nitrogen and oxygen atoms in total. The number of hydrogen-bond acceptors (Lipinski definition) is 2. The molecule has 0 fully saturated rings. The van der Waals surface area contributed by atoms with Crippen LogP contribution in [0, 0.1) is 0 Å². The topological polar surface area (TPSA) is 42.2 Å². The highest BCUT2D eigenvalue weighted by atomic mass is 79.9. The summed E-state index contributed by atoms with van der Waals surface area (Å²) < 4.78 is 5.39. The van der Waals surface area contributed by atoms with Gasteiger partial charge in [-0.15, -0.1) is 0 Å². The Balaban J connectivity index is 2.56. The van der Waals surface area contributed by atoms with Gasteiger partial charge in [-0.3, -0.25) is 4.79 Å². The van der Waals surface area contributed by atoms with Crippen LogP contribution in [0.4, 0.5) is 0 Å². The van der Waals surface area contributed by atoms with Gasteiger partial charge in [0.15, 0.2) is 5.76 Å². The van der Waals surface area contributed by atoms with E-state index in [1.54, 1.807) is 6.07 Å². The second kappa shape index (κ2) is 6.74. The molecule has 0 spiro atoms. The fourth-order valence-electron chi connectivity index (χ4n) is 1.46. The zero-order valence-electron chi connectivity index (χ0n) is 9.75. The van der Waals surface area contributed by atoms with E-state index in [-0.39, 0.29) is 11.9 Å². The number of furan rings is 1. The first-order valence-corrected chi connectivity index (χ1v) is 6.78. The minimum Gasteiger partial charge on any atom is -0.456 e. The summed E-state index contributed by atoms with van der Waals surface area (Å²) in [6.07, 6.45) is 2.67. The zero-order valence-corrected chi connectivity index (χ0v) is 11.3. The van der Waals surface area contributed by atoms with Crippen molar-refractivity contribution < 1.29 is 9.21 Å². The van der Waals surface area contributed by atoms with Crippen LogP contribution in [0.25, 0.3) is 0 Å². The van der Waals surface area contributed by atoms with Crippen LogP contribution >= 0.6 is 15.9 Å². The van der Waals surface area contributed by atoms with Gasteiger partial charge >= 0.3 is 0 Å². The molecule has 0 bridgehead atoms. The molecule has 0 aliphatic rings. The van der Waals surface area contributed by atoms with E-state index in [0.717, 1.165) is 30.4 Å². The van der Waals surface area contributed by atoms with Gasteiger partial charge in [0.1, 0.15) is 5.76 Å². The van der Waals surface area contributed by atoms with Gasteiger partial charge in [-0.2, -0.15) is 0 Å². The maximum Gasteiger partial charge on any atom is 0.287 e. The molecule has 0 aromatic carbocycles. The third-order valence-electron chi connectivity index (χ3n) is 2.52. The normalized spacial score (nSPS) is 12.4. The van der Waals surface area contributed by atoms with Crippen LogP contribution in [0.15, 0.2) is 16.5 Å². The number of alkyl halides is 1. The highest BCUT2D eigenvalue weighted by Crippen LogP contribution is 2.09. The molecule has 0 radical (unpaired) electrons. The maximum atomic E-state index is 11.8. The summed E-state index contributed by atoms with van der Waals surface area (Å²) >= 11 is 3.38. The Morgan fingerprint density at radius 2 is 2.25 bits per heavy atom. The summed E-state index contributed by atoms with van der Waals surface area (Å²) in [6.45, 7) is 4.06. The molecule has 0 aliphatic heterocycles. The third-order valence-corrected chi connectivity index (χ3v) is 2.98. The SMILES string of the molecule is CCc1ccc(C(=O)NC(CC)CCBr)o1. The predicted molar refractivity (Wildman–Crippen MR) is 68.0 cm³/mol. The number of rotatable bonds is 6. The van der Waals surface area contributed by atoms with Crippen LogP contribution < -0.4 is 5.32 Å². The average Bonchev–Trinajstić information content (AvgIpc) is 2.76. The molecular formula is C12H18BrNO2. The van der Waals surface area contributed by atoms with Crippen LogP contribution in [-0.2, 0) is 6.42 Å². The number of carbonyl (C=O) groups is 1. The summed E-state index contributed by atoms with van der Waals surface area (Å²) in [5.74, 6) is 1.14. The number of aryl methyl sites for hydroxylation is 1. The second-order valence-electron chi connectivity index (χ2n) is 3.68. The number of carbonyl (C=O) groups excluding carboxylic acids is 1. The van der Waals surface area contributed by atoms with Gasteiger partial charge in [0.05, 0.1) is 0 Å². The second-order valence-corrected chi connectivity index (χ2v) is 4.47. The fraction of sp³-hybridized carbons (Fsp3) is 0.583. The first kappa shape index (κ1) is 13.3. The summed E-state index contributed by atoms with van der Waals surface area (Å²) in [7, 11) is 0. The van der Waals surface area contributed by atoms with Gasteiger partial charge < -0.3 is 9.73 Å². The molecule has 0 saturated carbocycles. The van der Waals surface area contributed by atoms with Crippen LogP contribution in [0.2, 0.25) is 0 Å². The standard InChI is InChI=1S/C12H18BrNO2/c1-3-9(7-8-13)14-12(15)11-6-5-10(4-2)16-11/h5-6,9H,3-4,7-8H2,1-2H3,(H,14,15). The summed E-state index contributed by atoms with van der Waals surface area (Å²) in [4.78, 5) is 11.8. The van der Waals surface area contributed by atoms with Crippen LogP contribution in [0.3, 0.4) is 0 Å². The smallest absolute Gasteiger partial charge is 0.287 e. The first-order chi connectivity index (χ1) is 7.71. The molecular weight excluding hydrogens is 270 g/mol. The Kier molecular flexibility index (Phi) is 5.60. The molecule has 1 atom stereocenters. The van der Waals surface area contributed by atoms with E-state index < -0.39 is 0 Å². The predicted octanol–water partition coefficient (Wildman–Crippen LogP) is 3.14. The Morgan fingerprint density at radius 1 is 1.50 bits per heavy atom. The lowest BCUT2D eigenvalue weighted by Crippen LogP contribution is -2.34. The van der Waals surface area contributed by atoms with Gasteiger partial charge in [0.25, 0.3) is 5.91 Å². The zero-order chi connectivity index (χ0) is 12.0. The molecule has 0 saturated heterocycles. The molecule has 1 unspecified atom stereocenters.